The molecule has 6 atom stereocenters. The summed E-state index contributed by atoms with van der Waals surface area (Å²) >= 11 is 6.02. The van der Waals surface area contributed by atoms with Gasteiger partial charge in [0, 0.05) is 18.4 Å². The second-order valence-electron chi connectivity index (χ2n) is 8.32. The molecule has 0 unspecified atom stereocenters. The van der Waals surface area contributed by atoms with Gasteiger partial charge in [0.1, 0.15) is 11.9 Å². The molecule has 170 valence electrons. The Morgan fingerprint density at radius 1 is 1.19 bits per heavy atom. The minimum atomic E-state index is -0.795. The summed E-state index contributed by atoms with van der Waals surface area (Å²) in [5.41, 5.74) is 0.673. The third-order valence-electron chi connectivity index (χ3n) is 5.80. The van der Waals surface area contributed by atoms with Crippen LogP contribution in [0.5, 0.6) is 5.75 Å². The molecular weight excluding hydrogens is 416 g/mol. The lowest BCUT2D eigenvalue weighted by Crippen LogP contribution is -2.36. The first-order valence-electron chi connectivity index (χ1n) is 10.8. The number of halogens is 1. The summed E-state index contributed by atoms with van der Waals surface area (Å²) in [6, 6.07) is 4.99. The molecule has 0 spiro atoms. The van der Waals surface area contributed by atoms with Crippen LogP contribution in [-0.4, -0.2) is 39.6 Å². The fourth-order valence-electron chi connectivity index (χ4n) is 3.93. The van der Waals surface area contributed by atoms with Gasteiger partial charge in [0.15, 0.2) is 0 Å². The van der Waals surface area contributed by atoms with Gasteiger partial charge < -0.3 is 20.1 Å². The monoisotopic (exact) mass is 448 g/mol. The Balaban J connectivity index is 1.84. The van der Waals surface area contributed by atoms with Crippen LogP contribution in [0.1, 0.15) is 45.6 Å². The molecule has 1 aliphatic rings. The number of cyclic esters (lactones) is 1. The summed E-state index contributed by atoms with van der Waals surface area (Å²) in [6.07, 6.45) is 10.3. The molecule has 1 aliphatic heterocycles. The maximum Gasteiger partial charge on any atom is 0.330 e. The van der Waals surface area contributed by atoms with E-state index in [4.69, 9.17) is 16.3 Å². The zero-order valence-corrected chi connectivity index (χ0v) is 19.1. The van der Waals surface area contributed by atoms with E-state index in [0.29, 0.717) is 12.0 Å². The fourth-order valence-corrected chi connectivity index (χ4v) is 4.12. The Kier molecular flexibility index (Phi) is 9.82. The number of hydrogen-bond donors (Lipinski definition) is 3. The number of carbonyl (C=O) groups excluding carboxylic acids is 1. The highest BCUT2D eigenvalue weighted by Crippen LogP contribution is 2.31. The molecule has 6 heteroatoms. The minimum Gasteiger partial charge on any atom is -0.506 e. The first-order chi connectivity index (χ1) is 14.7. The highest BCUT2D eigenvalue weighted by Gasteiger charge is 2.32. The summed E-state index contributed by atoms with van der Waals surface area (Å²) in [7, 11) is 0. The maximum absolute atomic E-state index is 11.6. The Bertz CT molecular complexity index is 816. The van der Waals surface area contributed by atoms with Crippen LogP contribution in [0.15, 0.2) is 48.6 Å². The van der Waals surface area contributed by atoms with Gasteiger partial charge >= 0.3 is 5.97 Å². The number of esters is 1. The fraction of sp³-hybridized carbons (Fsp3) is 0.480. The number of aliphatic hydroxyl groups excluding tert-OH is 2. The van der Waals surface area contributed by atoms with Crippen molar-refractivity contribution in [1.29, 1.82) is 0 Å². The largest absolute Gasteiger partial charge is 0.506 e. The summed E-state index contributed by atoms with van der Waals surface area (Å²) < 4.78 is 5.53. The van der Waals surface area contributed by atoms with Crippen molar-refractivity contribution in [3.8, 4) is 5.75 Å². The maximum atomic E-state index is 11.6. The number of phenols is 1. The van der Waals surface area contributed by atoms with Crippen LogP contribution in [0.4, 0.5) is 0 Å². The van der Waals surface area contributed by atoms with Crippen LogP contribution in [0.3, 0.4) is 0 Å². The summed E-state index contributed by atoms with van der Waals surface area (Å²) in [5.74, 6) is -0.0517. The average molecular weight is 449 g/mol. The Morgan fingerprint density at radius 3 is 2.65 bits per heavy atom. The van der Waals surface area contributed by atoms with Gasteiger partial charge in [-0.1, -0.05) is 74.9 Å². The van der Waals surface area contributed by atoms with E-state index in [1.165, 1.54) is 12.1 Å². The average Bonchev–Trinajstić information content (AvgIpc) is 2.73. The smallest absolute Gasteiger partial charge is 0.330 e. The molecule has 0 bridgehead atoms. The van der Waals surface area contributed by atoms with E-state index in [1.54, 1.807) is 36.4 Å². The van der Waals surface area contributed by atoms with Crippen molar-refractivity contribution in [1.82, 2.24) is 0 Å². The number of aromatic hydroxyl groups is 1. The zero-order valence-electron chi connectivity index (χ0n) is 18.3. The highest BCUT2D eigenvalue weighted by atomic mass is 35.5. The van der Waals surface area contributed by atoms with E-state index >= 15 is 0 Å². The van der Waals surface area contributed by atoms with E-state index in [0.717, 1.165) is 6.42 Å². The summed E-state index contributed by atoms with van der Waals surface area (Å²) in [4.78, 5) is 11.6. The quantitative estimate of drug-likeness (QED) is 0.350. The topological polar surface area (TPSA) is 87.0 Å². The molecule has 5 nitrogen and oxygen atoms in total. The van der Waals surface area contributed by atoms with Crippen LogP contribution in [-0.2, 0) is 9.53 Å². The predicted molar refractivity (Wildman–Crippen MR) is 124 cm³/mol. The Labute approximate surface area is 189 Å². The van der Waals surface area contributed by atoms with E-state index < -0.39 is 12.2 Å². The number of carbonyl (C=O) groups is 1. The molecule has 2 rings (SSSR count). The van der Waals surface area contributed by atoms with Gasteiger partial charge in [-0.25, -0.2) is 4.79 Å². The van der Waals surface area contributed by atoms with Crippen molar-refractivity contribution >= 4 is 23.6 Å². The number of allylic oxidation sites excluding steroid dienone is 2. The van der Waals surface area contributed by atoms with Gasteiger partial charge in [-0.05, 0) is 36.3 Å². The SMILES string of the molecule is CC[C@@H]1C=CC(=O)O[C@@H]1[C@H](C)C[C@@H](C)[C@@H](O)C[C@H](O)/C=C\C=C\c1cccc(O)c1Cl. The number of rotatable bonds is 10. The predicted octanol–water partition coefficient (Wildman–Crippen LogP) is 4.90. The summed E-state index contributed by atoms with van der Waals surface area (Å²) in [6.45, 7) is 6.05. The third-order valence-corrected chi connectivity index (χ3v) is 6.21. The number of benzene rings is 1. The van der Waals surface area contributed by atoms with Crippen LogP contribution < -0.4 is 0 Å². The zero-order chi connectivity index (χ0) is 23.0. The first kappa shape index (κ1) is 25.2. The van der Waals surface area contributed by atoms with Gasteiger partial charge in [-0.15, -0.1) is 0 Å². The molecular formula is C25H33ClO5. The van der Waals surface area contributed by atoms with Crippen molar-refractivity contribution in [2.24, 2.45) is 17.8 Å². The van der Waals surface area contributed by atoms with Crippen molar-refractivity contribution in [3.05, 3.63) is 59.2 Å². The number of ether oxygens (including phenoxy) is 1. The summed E-state index contributed by atoms with van der Waals surface area (Å²) in [5, 5.41) is 30.6. The lowest BCUT2D eigenvalue weighted by atomic mass is 9.81. The lowest BCUT2D eigenvalue weighted by molar-refractivity contribution is -0.150. The van der Waals surface area contributed by atoms with Crippen LogP contribution in [0.2, 0.25) is 5.02 Å². The van der Waals surface area contributed by atoms with Crippen LogP contribution in [0.25, 0.3) is 6.08 Å². The van der Waals surface area contributed by atoms with Crippen LogP contribution >= 0.6 is 11.6 Å². The van der Waals surface area contributed by atoms with Crippen molar-refractivity contribution < 1.29 is 24.9 Å². The first-order valence-corrected chi connectivity index (χ1v) is 11.2. The van der Waals surface area contributed by atoms with Gasteiger partial charge in [-0.2, -0.15) is 0 Å². The normalized spacial score (nSPS) is 23.1. The van der Waals surface area contributed by atoms with Gasteiger partial charge in [0.25, 0.3) is 0 Å². The molecule has 0 saturated carbocycles. The van der Waals surface area contributed by atoms with E-state index in [9.17, 15) is 20.1 Å². The second kappa shape index (κ2) is 12.1. The molecule has 0 aromatic heterocycles. The van der Waals surface area contributed by atoms with E-state index in [-0.39, 0.29) is 47.0 Å². The molecule has 1 aromatic rings. The van der Waals surface area contributed by atoms with Crippen LogP contribution in [0, 0.1) is 17.8 Å². The standard InChI is InChI=1S/C25H33ClO5/c1-4-18-12-13-23(30)31-25(18)17(3)14-16(2)22(29)15-20(27)10-6-5-8-19-9-7-11-21(28)24(19)26/h5-13,16-18,20,22,25,27-29H,4,14-15H2,1-3H3/b8-5+,10-6-/t16-,17-,18-,20-,22+,25-/m1/s1. The lowest BCUT2D eigenvalue weighted by Gasteiger charge is -2.33. The molecule has 0 saturated heterocycles. The van der Waals surface area contributed by atoms with Crippen molar-refractivity contribution in [3.63, 3.8) is 0 Å². The molecule has 0 fully saturated rings. The van der Waals surface area contributed by atoms with Gasteiger partial charge in [0.05, 0.1) is 17.2 Å². The third kappa shape index (κ3) is 7.53. The molecule has 3 N–H and O–H groups in total. The van der Waals surface area contributed by atoms with Gasteiger partial charge in [-0.3, -0.25) is 0 Å². The number of hydrogen-bond acceptors (Lipinski definition) is 5. The van der Waals surface area contributed by atoms with Crippen molar-refractivity contribution in [2.75, 3.05) is 0 Å². The molecule has 0 amide bonds. The molecule has 0 aliphatic carbocycles. The molecule has 1 heterocycles. The van der Waals surface area contributed by atoms with E-state index in [2.05, 4.69) is 6.92 Å². The molecule has 0 radical (unpaired) electrons. The molecule has 1 aromatic carbocycles. The minimum absolute atomic E-state index is 0.0171. The Morgan fingerprint density at radius 2 is 1.94 bits per heavy atom. The second-order valence-corrected chi connectivity index (χ2v) is 8.70. The number of aliphatic hydroxyl groups is 2. The molecule has 31 heavy (non-hydrogen) atoms. The van der Waals surface area contributed by atoms with Gasteiger partial charge in [0.2, 0.25) is 0 Å². The Hall–Kier alpha value is -2.08. The van der Waals surface area contributed by atoms with E-state index in [1.807, 2.05) is 19.9 Å². The van der Waals surface area contributed by atoms with Crippen molar-refractivity contribution in [2.45, 2.75) is 58.3 Å². The highest BCUT2D eigenvalue weighted by molar-refractivity contribution is 6.33. The number of phenolic OH excluding ortho intramolecular Hbond substituents is 1.